The Morgan fingerprint density at radius 3 is 2.67 bits per heavy atom. The highest BCUT2D eigenvalue weighted by Gasteiger charge is 2.39. The molecule has 5 heteroatoms. The maximum Gasteiger partial charge on any atom is 0.251 e. The van der Waals surface area contributed by atoms with Gasteiger partial charge in [0.2, 0.25) is 0 Å². The Morgan fingerprint density at radius 1 is 1.21 bits per heavy atom. The summed E-state index contributed by atoms with van der Waals surface area (Å²) >= 11 is 1.61. The molecule has 1 aromatic carbocycles. The lowest BCUT2D eigenvalue weighted by Crippen LogP contribution is -2.42. The van der Waals surface area contributed by atoms with E-state index in [9.17, 15) is 4.79 Å². The molecule has 4 nitrogen and oxygen atoms in total. The van der Waals surface area contributed by atoms with Gasteiger partial charge in [-0.05, 0) is 62.1 Å². The Hall–Kier alpha value is -1.85. The van der Waals surface area contributed by atoms with Crippen LogP contribution in [0.4, 0.5) is 0 Å². The third-order valence-corrected chi connectivity index (χ3v) is 5.80. The van der Waals surface area contributed by atoms with Crippen LogP contribution in [0.2, 0.25) is 0 Å². The highest BCUT2D eigenvalue weighted by molar-refractivity contribution is 7.99. The largest absolute Gasteiger partial charge is 0.348 e. The van der Waals surface area contributed by atoms with Crippen LogP contribution in [0, 0.1) is 6.92 Å². The SMILES string of the molecule is Cc1ccc(Sc2ccc(C(=O)N[C@@H]3C[C@H]4CC[C@@H]3N4)cc2)nc1. The standard InChI is InChI=1S/C19H21N3OS/c1-12-2-9-18(20-11-12)24-15-6-3-13(4-7-15)19(23)22-17-10-14-5-8-16(17)21-14/h2-4,6-7,9,11,14,16-17,21H,5,8,10H2,1H3,(H,22,23)/t14-,16+,17-/m1/s1. The first-order chi connectivity index (χ1) is 11.7. The molecule has 0 saturated carbocycles. The second kappa shape index (κ2) is 6.57. The van der Waals surface area contributed by atoms with Gasteiger partial charge in [-0.1, -0.05) is 17.8 Å². The molecule has 3 atom stereocenters. The Labute approximate surface area is 146 Å². The van der Waals surface area contributed by atoms with Crippen molar-refractivity contribution in [2.75, 3.05) is 0 Å². The number of pyridine rings is 1. The van der Waals surface area contributed by atoms with E-state index in [1.54, 1.807) is 11.8 Å². The van der Waals surface area contributed by atoms with Crippen molar-refractivity contribution in [1.29, 1.82) is 0 Å². The Kier molecular flexibility index (Phi) is 4.29. The molecule has 3 heterocycles. The maximum atomic E-state index is 12.4. The number of nitrogens with one attached hydrogen (secondary N) is 2. The van der Waals surface area contributed by atoms with E-state index in [0.717, 1.165) is 27.5 Å². The van der Waals surface area contributed by atoms with Crippen molar-refractivity contribution in [2.45, 2.75) is 54.2 Å². The van der Waals surface area contributed by atoms with Crippen LogP contribution in [0.15, 0.2) is 52.5 Å². The zero-order valence-electron chi connectivity index (χ0n) is 13.7. The molecule has 1 amide bonds. The van der Waals surface area contributed by atoms with Gasteiger partial charge in [-0.15, -0.1) is 0 Å². The van der Waals surface area contributed by atoms with Crippen molar-refractivity contribution in [3.63, 3.8) is 0 Å². The van der Waals surface area contributed by atoms with Crippen LogP contribution >= 0.6 is 11.8 Å². The van der Waals surface area contributed by atoms with Crippen LogP contribution in [-0.4, -0.2) is 29.0 Å². The van der Waals surface area contributed by atoms with E-state index in [0.29, 0.717) is 12.1 Å². The first-order valence-corrected chi connectivity index (χ1v) is 9.26. The lowest BCUT2D eigenvalue weighted by atomic mass is 9.95. The number of amides is 1. The van der Waals surface area contributed by atoms with Crippen molar-refractivity contribution in [3.8, 4) is 0 Å². The highest BCUT2D eigenvalue weighted by atomic mass is 32.2. The molecular formula is C19H21N3OS. The number of carbonyl (C=O) groups is 1. The fourth-order valence-corrected chi connectivity index (χ4v) is 4.30. The third kappa shape index (κ3) is 3.32. The van der Waals surface area contributed by atoms with E-state index in [1.165, 1.54) is 12.8 Å². The Balaban J connectivity index is 1.38. The fraction of sp³-hybridized carbons (Fsp3) is 0.368. The molecule has 0 radical (unpaired) electrons. The van der Waals surface area contributed by atoms with Crippen LogP contribution in [-0.2, 0) is 0 Å². The van der Waals surface area contributed by atoms with Gasteiger partial charge < -0.3 is 10.6 Å². The van der Waals surface area contributed by atoms with Crippen LogP contribution in [0.3, 0.4) is 0 Å². The van der Waals surface area contributed by atoms with Crippen molar-refractivity contribution in [3.05, 3.63) is 53.7 Å². The summed E-state index contributed by atoms with van der Waals surface area (Å²) in [6.07, 6.45) is 5.35. The van der Waals surface area contributed by atoms with Crippen molar-refractivity contribution < 1.29 is 4.79 Å². The first kappa shape index (κ1) is 15.7. The number of aromatic nitrogens is 1. The van der Waals surface area contributed by atoms with Gasteiger partial charge in [0.1, 0.15) is 5.03 Å². The molecule has 1 aromatic heterocycles. The average Bonchev–Trinajstić information content (AvgIpc) is 3.20. The van der Waals surface area contributed by atoms with Crippen molar-refractivity contribution in [1.82, 2.24) is 15.6 Å². The molecule has 2 saturated heterocycles. The summed E-state index contributed by atoms with van der Waals surface area (Å²) in [5.74, 6) is 0.0272. The number of rotatable bonds is 4. The van der Waals surface area contributed by atoms with E-state index < -0.39 is 0 Å². The van der Waals surface area contributed by atoms with E-state index in [2.05, 4.69) is 21.7 Å². The van der Waals surface area contributed by atoms with Crippen molar-refractivity contribution in [2.24, 2.45) is 0 Å². The molecule has 0 unspecified atom stereocenters. The first-order valence-electron chi connectivity index (χ1n) is 8.45. The lowest BCUT2D eigenvalue weighted by molar-refractivity contribution is 0.0931. The topological polar surface area (TPSA) is 54.0 Å². The van der Waals surface area contributed by atoms with E-state index in [1.807, 2.05) is 43.5 Å². The van der Waals surface area contributed by atoms with Gasteiger partial charge in [-0.25, -0.2) is 4.98 Å². The monoisotopic (exact) mass is 339 g/mol. The van der Waals surface area contributed by atoms with Gasteiger partial charge in [0.15, 0.2) is 0 Å². The molecule has 2 aliphatic rings. The summed E-state index contributed by atoms with van der Waals surface area (Å²) in [5, 5.41) is 7.70. The molecule has 2 fully saturated rings. The van der Waals surface area contributed by atoms with Gasteiger partial charge in [0, 0.05) is 34.8 Å². The van der Waals surface area contributed by atoms with E-state index >= 15 is 0 Å². The number of aryl methyl sites for hydroxylation is 1. The average molecular weight is 339 g/mol. The number of carbonyl (C=O) groups excluding carboxylic acids is 1. The minimum atomic E-state index is 0.0272. The van der Waals surface area contributed by atoms with Gasteiger partial charge in [-0.3, -0.25) is 4.79 Å². The molecule has 0 spiro atoms. The number of fused-ring (bicyclic) bond motifs is 2. The van der Waals surface area contributed by atoms with Gasteiger partial charge in [-0.2, -0.15) is 0 Å². The molecule has 24 heavy (non-hydrogen) atoms. The van der Waals surface area contributed by atoms with Crippen LogP contribution < -0.4 is 10.6 Å². The molecule has 2 aromatic rings. The van der Waals surface area contributed by atoms with Crippen LogP contribution in [0.5, 0.6) is 0 Å². The molecule has 124 valence electrons. The van der Waals surface area contributed by atoms with Gasteiger partial charge in [0.05, 0.1) is 0 Å². The Morgan fingerprint density at radius 2 is 2.04 bits per heavy atom. The lowest BCUT2D eigenvalue weighted by Gasteiger charge is -2.21. The molecular weight excluding hydrogens is 318 g/mol. The Bertz CT molecular complexity index is 729. The maximum absolute atomic E-state index is 12.4. The highest BCUT2D eigenvalue weighted by Crippen LogP contribution is 2.29. The predicted molar refractivity (Wildman–Crippen MR) is 95.4 cm³/mol. The number of nitrogens with zero attached hydrogens (tertiary/aromatic N) is 1. The molecule has 2 aliphatic heterocycles. The summed E-state index contributed by atoms with van der Waals surface area (Å²) in [7, 11) is 0. The summed E-state index contributed by atoms with van der Waals surface area (Å²) in [5.41, 5.74) is 1.88. The second-order valence-electron chi connectivity index (χ2n) is 6.66. The van der Waals surface area contributed by atoms with Crippen LogP contribution in [0.1, 0.15) is 35.2 Å². The zero-order chi connectivity index (χ0) is 16.5. The van der Waals surface area contributed by atoms with Crippen LogP contribution in [0.25, 0.3) is 0 Å². The van der Waals surface area contributed by atoms with Gasteiger partial charge in [0.25, 0.3) is 5.91 Å². The van der Waals surface area contributed by atoms with E-state index in [-0.39, 0.29) is 11.9 Å². The summed E-state index contributed by atoms with van der Waals surface area (Å²) in [6.45, 7) is 2.03. The summed E-state index contributed by atoms with van der Waals surface area (Å²) in [4.78, 5) is 17.9. The number of hydrogen-bond donors (Lipinski definition) is 2. The van der Waals surface area contributed by atoms with Gasteiger partial charge >= 0.3 is 0 Å². The number of hydrogen-bond acceptors (Lipinski definition) is 4. The summed E-state index contributed by atoms with van der Waals surface area (Å²) < 4.78 is 0. The van der Waals surface area contributed by atoms with E-state index in [4.69, 9.17) is 0 Å². The molecule has 2 bridgehead atoms. The second-order valence-corrected chi connectivity index (χ2v) is 7.76. The summed E-state index contributed by atoms with van der Waals surface area (Å²) in [6, 6.07) is 13.2. The molecule has 0 aliphatic carbocycles. The predicted octanol–water partition coefficient (Wildman–Crippen LogP) is 3.16. The minimum Gasteiger partial charge on any atom is -0.348 e. The zero-order valence-corrected chi connectivity index (χ0v) is 14.5. The molecule has 2 N–H and O–H groups in total. The molecule has 4 rings (SSSR count). The number of benzene rings is 1. The van der Waals surface area contributed by atoms with Crippen molar-refractivity contribution >= 4 is 17.7 Å². The smallest absolute Gasteiger partial charge is 0.251 e. The minimum absolute atomic E-state index is 0.0272. The quantitative estimate of drug-likeness (QED) is 0.898. The fourth-order valence-electron chi connectivity index (χ4n) is 3.55. The third-order valence-electron chi connectivity index (χ3n) is 4.84. The normalized spacial score (nSPS) is 25.0.